The first-order valence-electron chi connectivity index (χ1n) is 11.6. The Labute approximate surface area is 196 Å². The fraction of sp³-hybridized carbons (Fsp3) is 0.480. The summed E-state index contributed by atoms with van der Waals surface area (Å²) in [7, 11) is 0. The van der Waals surface area contributed by atoms with Crippen LogP contribution in [0.5, 0.6) is 5.75 Å². The number of nitrogens with one attached hydrogen (secondary N) is 1. The van der Waals surface area contributed by atoms with E-state index in [1.54, 1.807) is 13.1 Å². The predicted octanol–water partition coefficient (Wildman–Crippen LogP) is 4.12. The summed E-state index contributed by atoms with van der Waals surface area (Å²) >= 11 is 0. The lowest BCUT2D eigenvalue weighted by Crippen LogP contribution is -2.58. The van der Waals surface area contributed by atoms with Gasteiger partial charge < -0.3 is 24.3 Å². The van der Waals surface area contributed by atoms with Crippen molar-refractivity contribution in [2.24, 2.45) is 0 Å². The first-order chi connectivity index (χ1) is 15.8. The number of hydrogen-bond donors (Lipinski definition) is 1. The van der Waals surface area contributed by atoms with Gasteiger partial charge in [0.1, 0.15) is 23.8 Å². The molecule has 8 nitrogen and oxygen atoms in total. The molecular formula is C25H35N5O3. The Morgan fingerprint density at radius 3 is 2.70 bits per heavy atom. The van der Waals surface area contributed by atoms with Crippen molar-refractivity contribution in [2.75, 3.05) is 31.2 Å². The van der Waals surface area contributed by atoms with Gasteiger partial charge in [-0.1, -0.05) is 6.07 Å². The van der Waals surface area contributed by atoms with Gasteiger partial charge in [-0.3, -0.25) is 4.79 Å². The van der Waals surface area contributed by atoms with Gasteiger partial charge in [-0.15, -0.1) is 0 Å². The molecule has 4 heterocycles. The van der Waals surface area contributed by atoms with Crippen molar-refractivity contribution < 1.29 is 15.7 Å². The quantitative estimate of drug-likeness (QED) is 0.542. The van der Waals surface area contributed by atoms with Crippen molar-refractivity contribution in [1.29, 1.82) is 0 Å². The van der Waals surface area contributed by atoms with Crippen LogP contribution in [0.25, 0.3) is 22.3 Å². The van der Waals surface area contributed by atoms with Gasteiger partial charge >= 0.3 is 0 Å². The lowest BCUT2D eigenvalue weighted by molar-refractivity contribution is -0.133. The van der Waals surface area contributed by atoms with E-state index in [2.05, 4.69) is 28.7 Å². The lowest BCUT2D eigenvalue weighted by atomic mass is 10.1. The number of carbonyl (C=O) groups is 1. The maximum absolute atomic E-state index is 12.0. The molecule has 0 unspecified atom stereocenters. The number of rotatable bonds is 7. The highest BCUT2D eigenvalue weighted by atomic mass is 16.5. The molecule has 0 spiro atoms. The Balaban J connectivity index is 0.00000324. The highest BCUT2D eigenvalue weighted by molar-refractivity contribution is 5.93. The van der Waals surface area contributed by atoms with E-state index in [1.807, 2.05) is 49.2 Å². The third kappa shape index (κ3) is 5.11. The van der Waals surface area contributed by atoms with Gasteiger partial charge in [0.05, 0.1) is 24.6 Å². The number of nitrogens with zero attached hydrogens (tertiary/aromatic N) is 4. The number of aromatic amines is 1. The maximum Gasteiger partial charge on any atom is 0.220 e. The van der Waals surface area contributed by atoms with Crippen LogP contribution in [0.2, 0.25) is 0 Å². The average molecular weight is 454 g/mol. The third-order valence-corrected chi connectivity index (χ3v) is 5.93. The van der Waals surface area contributed by atoms with Gasteiger partial charge in [0.2, 0.25) is 5.91 Å². The molecule has 1 fully saturated rings. The first kappa shape index (κ1) is 23.0. The van der Waals surface area contributed by atoms with Gasteiger partial charge in [-0.2, -0.15) is 0 Å². The topological polar surface area (TPSA) is 83.6 Å². The van der Waals surface area contributed by atoms with E-state index in [1.165, 1.54) is 0 Å². The zero-order valence-corrected chi connectivity index (χ0v) is 20.0. The van der Waals surface area contributed by atoms with Crippen LogP contribution in [0.4, 0.5) is 5.82 Å². The molecule has 0 aromatic carbocycles. The third-order valence-electron chi connectivity index (χ3n) is 5.93. The van der Waals surface area contributed by atoms with Crippen molar-refractivity contribution in [3.05, 3.63) is 36.7 Å². The molecule has 4 rings (SSSR count). The largest absolute Gasteiger partial charge is 0.490 e. The molecule has 3 aromatic rings. The van der Waals surface area contributed by atoms with Crippen molar-refractivity contribution in [1.82, 2.24) is 19.9 Å². The van der Waals surface area contributed by atoms with Gasteiger partial charge in [0.15, 0.2) is 0 Å². The lowest BCUT2D eigenvalue weighted by Gasteiger charge is -2.44. The summed E-state index contributed by atoms with van der Waals surface area (Å²) in [6.45, 7) is 12.4. The van der Waals surface area contributed by atoms with Crippen molar-refractivity contribution >= 4 is 22.8 Å². The summed E-state index contributed by atoms with van der Waals surface area (Å²) in [6.07, 6.45) is 3.84. The van der Waals surface area contributed by atoms with Crippen LogP contribution >= 0.6 is 0 Å². The summed E-state index contributed by atoms with van der Waals surface area (Å²) in [4.78, 5) is 28.9. The Morgan fingerprint density at radius 1 is 1.24 bits per heavy atom. The number of hydrogen-bond acceptors (Lipinski definition) is 6. The molecule has 178 valence electrons. The summed E-state index contributed by atoms with van der Waals surface area (Å²) < 4.78 is 11.4. The summed E-state index contributed by atoms with van der Waals surface area (Å²) in [6, 6.07) is 8.33. The SMILES string of the molecule is CC(=O)N1[C@H](C)CN(c2cccc(-c3c[nH]c4ncc(OCCOC(C)C)cc34)n2)C[C@@H]1C.[HH]. The molecule has 8 heteroatoms. The minimum absolute atomic E-state index is 0. The van der Waals surface area contributed by atoms with Crippen molar-refractivity contribution in [2.45, 2.75) is 52.8 Å². The van der Waals surface area contributed by atoms with E-state index in [9.17, 15) is 4.79 Å². The molecule has 0 radical (unpaired) electrons. The second-order valence-electron chi connectivity index (χ2n) is 8.95. The molecular weight excluding hydrogens is 418 g/mol. The van der Waals surface area contributed by atoms with Gasteiger partial charge in [-0.05, 0) is 45.9 Å². The van der Waals surface area contributed by atoms with Crippen LogP contribution in [0.3, 0.4) is 0 Å². The molecule has 1 N–H and O–H groups in total. The summed E-state index contributed by atoms with van der Waals surface area (Å²) in [5, 5.41) is 0.963. The molecule has 2 atom stereocenters. The number of pyridine rings is 2. The minimum Gasteiger partial charge on any atom is -0.490 e. The minimum atomic E-state index is 0. The molecule has 33 heavy (non-hydrogen) atoms. The Morgan fingerprint density at radius 2 is 2.00 bits per heavy atom. The molecule has 1 saturated heterocycles. The zero-order valence-electron chi connectivity index (χ0n) is 20.0. The molecule has 0 aliphatic carbocycles. The van der Waals surface area contributed by atoms with Crippen LogP contribution < -0.4 is 9.64 Å². The zero-order chi connectivity index (χ0) is 23.5. The van der Waals surface area contributed by atoms with E-state index < -0.39 is 0 Å². The Kier molecular flexibility index (Phi) is 6.83. The molecule has 3 aromatic heterocycles. The van der Waals surface area contributed by atoms with Gasteiger partial charge in [0, 0.05) is 50.7 Å². The highest BCUT2D eigenvalue weighted by Gasteiger charge is 2.31. The fourth-order valence-electron chi connectivity index (χ4n) is 4.60. The summed E-state index contributed by atoms with van der Waals surface area (Å²) in [5.41, 5.74) is 2.64. The number of H-pyrrole nitrogens is 1. The molecule has 1 aliphatic heterocycles. The van der Waals surface area contributed by atoms with Gasteiger partial charge in [-0.25, -0.2) is 9.97 Å². The smallest absolute Gasteiger partial charge is 0.220 e. The van der Waals surface area contributed by atoms with Crippen LogP contribution in [-0.4, -0.2) is 70.2 Å². The fourth-order valence-corrected chi connectivity index (χ4v) is 4.60. The van der Waals surface area contributed by atoms with Crippen LogP contribution in [0, 0.1) is 0 Å². The normalized spacial score (nSPS) is 18.8. The molecule has 1 aliphatic rings. The van der Waals surface area contributed by atoms with E-state index in [0.29, 0.717) is 19.0 Å². The molecule has 0 saturated carbocycles. The maximum atomic E-state index is 12.0. The predicted molar refractivity (Wildman–Crippen MR) is 132 cm³/mol. The van der Waals surface area contributed by atoms with E-state index in [0.717, 1.165) is 41.2 Å². The Hall–Kier alpha value is -3.13. The first-order valence-corrected chi connectivity index (χ1v) is 11.6. The van der Waals surface area contributed by atoms with Crippen molar-refractivity contribution in [3.8, 4) is 17.0 Å². The van der Waals surface area contributed by atoms with Gasteiger partial charge in [0.25, 0.3) is 0 Å². The Bertz CT molecular complexity index is 1110. The van der Waals surface area contributed by atoms with E-state index >= 15 is 0 Å². The second-order valence-corrected chi connectivity index (χ2v) is 8.95. The number of carbonyl (C=O) groups excluding carboxylic acids is 1. The standard InChI is InChI=1S/C25H33N5O3.H2/c1-16(2)32-9-10-33-20-11-21-22(13-27-25(21)26-12-20)23-7-6-8-24(28-23)29-14-17(3)30(19(5)31)18(4)15-29;/h6-8,11-13,16-18H,9-10,14-15H2,1-5H3,(H,26,27);1H/t17-,18+;. The second kappa shape index (κ2) is 9.79. The molecule has 0 bridgehead atoms. The highest BCUT2D eigenvalue weighted by Crippen LogP contribution is 2.31. The number of aromatic nitrogens is 3. The van der Waals surface area contributed by atoms with Crippen molar-refractivity contribution in [3.63, 3.8) is 0 Å². The van der Waals surface area contributed by atoms with Crippen LogP contribution in [-0.2, 0) is 9.53 Å². The van der Waals surface area contributed by atoms with E-state index in [-0.39, 0.29) is 25.5 Å². The van der Waals surface area contributed by atoms with Crippen LogP contribution in [0.15, 0.2) is 36.7 Å². The number of anilines is 1. The number of piperazine rings is 1. The summed E-state index contributed by atoms with van der Waals surface area (Å²) in [5.74, 6) is 1.74. The number of ether oxygens (including phenoxy) is 2. The van der Waals surface area contributed by atoms with Crippen LogP contribution in [0.1, 0.15) is 36.0 Å². The van der Waals surface area contributed by atoms with E-state index in [4.69, 9.17) is 14.5 Å². The monoisotopic (exact) mass is 453 g/mol. The average Bonchev–Trinajstić information content (AvgIpc) is 3.19. The number of amides is 1. The number of fused-ring (bicyclic) bond motifs is 1. The molecule has 1 amide bonds.